The average Bonchev–Trinajstić information content (AvgIpc) is 2.78. The van der Waals surface area contributed by atoms with E-state index in [9.17, 15) is 24.8 Å². The number of non-ortho nitro benzene ring substituents is 1. The lowest BCUT2D eigenvalue weighted by Gasteiger charge is -2.37. The number of carboxylic acid groups (broad SMARTS) is 1. The molecule has 10 nitrogen and oxygen atoms in total. The van der Waals surface area contributed by atoms with Crippen molar-refractivity contribution in [2.75, 3.05) is 14.2 Å². The number of hydrogen-bond donors (Lipinski definition) is 1. The summed E-state index contributed by atoms with van der Waals surface area (Å²) in [5, 5.41) is 21.2. The molecule has 0 spiro atoms. The maximum absolute atomic E-state index is 13.5. The quantitative estimate of drug-likeness (QED) is 0.562. The van der Waals surface area contributed by atoms with Gasteiger partial charge < -0.3 is 14.7 Å². The summed E-state index contributed by atoms with van der Waals surface area (Å²) in [6.07, 6.45) is 0. The van der Waals surface area contributed by atoms with E-state index in [0.29, 0.717) is 0 Å². The van der Waals surface area contributed by atoms with Crippen LogP contribution >= 0.6 is 0 Å². The molecule has 1 atom stereocenters. The zero-order chi connectivity index (χ0) is 23.4. The van der Waals surface area contributed by atoms with E-state index in [2.05, 4.69) is 4.99 Å². The first-order valence-corrected chi connectivity index (χ1v) is 9.64. The summed E-state index contributed by atoms with van der Waals surface area (Å²) in [6, 6.07) is 12.9. The molecule has 0 saturated carbocycles. The van der Waals surface area contributed by atoms with Crippen LogP contribution in [0, 0.1) is 10.1 Å². The molecule has 2 aromatic rings. The van der Waals surface area contributed by atoms with Crippen molar-refractivity contribution in [3.05, 3.63) is 87.1 Å². The second-order valence-electron chi connectivity index (χ2n) is 7.15. The molecule has 0 radical (unpaired) electrons. The van der Waals surface area contributed by atoms with Gasteiger partial charge in [-0.2, -0.15) is 0 Å². The lowest BCUT2D eigenvalue weighted by Crippen LogP contribution is -2.49. The van der Waals surface area contributed by atoms with E-state index in [1.165, 1.54) is 43.2 Å². The SMILES string of the molecule is COC1=NC(C)=C(C(=O)O)C(c2cccc([N+](=O)[O-])c2)N1C(=O)N(C)Cc1ccccc1. The lowest BCUT2D eigenvalue weighted by atomic mass is 9.94. The zero-order valence-corrected chi connectivity index (χ0v) is 17.8. The second-order valence-corrected chi connectivity index (χ2v) is 7.15. The van der Waals surface area contributed by atoms with Crippen LogP contribution in [-0.4, -0.2) is 52.0 Å². The Morgan fingerprint density at radius 3 is 2.50 bits per heavy atom. The smallest absolute Gasteiger partial charge is 0.335 e. The van der Waals surface area contributed by atoms with E-state index in [-0.39, 0.29) is 35.1 Å². The van der Waals surface area contributed by atoms with E-state index in [1.54, 1.807) is 7.05 Å². The summed E-state index contributed by atoms with van der Waals surface area (Å²) < 4.78 is 5.32. The van der Waals surface area contributed by atoms with Gasteiger partial charge >= 0.3 is 18.0 Å². The number of aliphatic carboxylic acids is 1. The molecule has 10 heteroatoms. The molecule has 1 heterocycles. The Bertz CT molecular complexity index is 1110. The van der Waals surface area contributed by atoms with Crippen molar-refractivity contribution in [3.8, 4) is 0 Å². The van der Waals surface area contributed by atoms with Crippen LogP contribution in [0.25, 0.3) is 0 Å². The highest BCUT2D eigenvalue weighted by molar-refractivity contribution is 6.00. The highest BCUT2D eigenvalue weighted by Crippen LogP contribution is 2.37. The molecule has 1 aliphatic heterocycles. The van der Waals surface area contributed by atoms with E-state index < -0.39 is 23.0 Å². The number of nitro groups is 1. The molecule has 1 unspecified atom stereocenters. The topological polar surface area (TPSA) is 126 Å². The third kappa shape index (κ3) is 4.43. The fourth-order valence-corrected chi connectivity index (χ4v) is 3.54. The summed E-state index contributed by atoms with van der Waals surface area (Å²) >= 11 is 0. The van der Waals surface area contributed by atoms with Gasteiger partial charge in [-0.25, -0.2) is 19.5 Å². The van der Waals surface area contributed by atoms with Gasteiger partial charge in [-0.1, -0.05) is 42.5 Å². The number of hydrogen-bond acceptors (Lipinski definition) is 6. The number of nitro benzene ring substituents is 1. The molecular weight excluding hydrogens is 416 g/mol. The number of aliphatic imine (C=N–C) groups is 1. The zero-order valence-electron chi connectivity index (χ0n) is 17.8. The molecule has 0 saturated heterocycles. The van der Waals surface area contributed by atoms with Gasteiger partial charge in [-0.05, 0) is 18.1 Å². The molecule has 1 N–H and O–H groups in total. The van der Waals surface area contributed by atoms with Crippen LogP contribution in [0.1, 0.15) is 24.1 Å². The standard InChI is InChI=1S/C22H22N4O6/c1-14-18(20(27)28)19(16-10-7-11-17(12-16)26(30)31)25(21(23-14)32-3)22(29)24(2)13-15-8-5-4-6-9-15/h4-12,19H,13H2,1-3H3,(H,27,28). The van der Waals surface area contributed by atoms with Crippen LogP contribution in [0.5, 0.6) is 0 Å². The minimum atomic E-state index is -1.29. The minimum absolute atomic E-state index is 0.103. The van der Waals surface area contributed by atoms with Crippen molar-refractivity contribution >= 4 is 23.7 Å². The molecular formula is C22H22N4O6. The first-order valence-electron chi connectivity index (χ1n) is 9.64. The molecule has 3 rings (SSSR count). The number of amides is 2. The Kier molecular flexibility index (Phi) is 6.53. The van der Waals surface area contributed by atoms with Gasteiger partial charge in [0.25, 0.3) is 5.69 Å². The van der Waals surface area contributed by atoms with Crippen LogP contribution in [0.3, 0.4) is 0 Å². The van der Waals surface area contributed by atoms with E-state index in [4.69, 9.17) is 4.74 Å². The normalized spacial score (nSPS) is 15.8. The van der Waals surface area contributed by atoms with Gasteiger partial charge in [0.05, 0.1) is 23.3 Å². The van der Waals surface area contributed by atoms with Gasteiger partial charge in [0.1, 0.15) is 6.04 Å². The molecule has 2 aromatic carbocycles. The molecule has 166 valence electrons. The second kappa shape index (κ2) is 9.29. The van der Waals surface area contributed by atoms with E-state index >= 15 is 0 Å². The summed E-state index contributed by atoms with van der Waals surface area (Å²) in [7, 11) is 2.89. The van der Waals surface area contributed by atoms with Crippen molar-refractivity contribution in [2.24, 2.45) is 4.99 Å². The monoisotopic (exact) mass is 438 g/mol. The largest absolute Gasteiger partial charge is 0.478 e. The van der Waals surface area contributed by atoms with Gasteiger partial charge in [0, 0.05) is 25.7 Å². The average molecular weight is 438 g/mol. The number of amidine groups is 1. The summed E-state index contributed by atoms with van der Waals surface area (Å²) in [5.74, 6) is -1.29. The molecule has 32 heavy (non-hydrogen) atoms. The fraction of sp³-hybridized carbons (Fsp3) is 0.227. The highest BCUT2D eigenvalue weighted by atomic mass is 16.6. The van der Waals surface area contributed by atoms with Gasteiger partial charge in [-0.3, -0.25) is 10.1 Å². The first kappa shape index (κ1) is 22.5. The van der Waals surface area contributed by atoms with Crippen molar-refractivity contribution in [1.29, 1.82) is 0 Å². The number of allylic oxidation sites excluding steroid dienone is 1. The number of carbonyl (C=O) groups is 2. The van der Waals surface area contributed by atoms with Crippen LogP contribution < -0.4 is 0 Å². The summed E-state index contributed by atoms with van der Waals surface area (Å²) in [5.41, 5.74) is 0.861. The third-order valence-electron chi connectivity index (χ3n) is 5.00. The molecule has 0 bridgehead atoms. The number of methoxy groups -OCH3 is 1. The van der Waals surface area contributed by atoms with E-state index in [1.807, 2.05) is 30.3 Å². The molecule has 0 aliphatic carbocycles. The molecule has 2 amide bonds. The summed E-state index contributed by atoms with van der Waals surface area (Å²) in [4.78, 5) is 43.0. The van der Waals surface area contributed by atoms with Gasteiger partial charge in [-0.15, -0.1) is 0 Å². The van der Waals surface area contributed by atoms with Crippen LogP contribution in [-0.2, 0) is 16.1 Å². The number of ether oxygens (including phenoxy) is 1. The Morgan fingerprint density at radius 2 is 1.91 bits per heavy atom. The molecule has 0 aromatic heterocycles. The van der Waals surface area contributed by atoms with Crippen molar-refractivity contribution < 1.29 is 24.4 Å². The fourth-order valence-electron chi connectivity index (χ4n) is 3.54. The first-order chi connectivity index (χ1) is 15.2. The van der Waals surface area contributed by atoms with Crippen LogP contribution in [0.4, 0.5) is 10.5 Å². The van der Waals surface area contributed by atoms with E-state index in [0.717, 1.165) is 10.5 Å². The molecule has 1 aliphatic rings. The maximum Gasteiger partial charge on any atom is 0.335 e. The van der Waals surface area contributed by atoms with Crippen molar-refractivity contribution in [3.63, 3.8) is 0 Å². The highest BCUT2D eigenvalue weighted by Gasteiger charge is 2.41. The minimum Gasteiger partial charge on any atom is -0.478 e. The number of rotatable bonds is 5. The Morgan fingerprint density at radius 1 is 1.22 bits per heavy atom. The van der Waals surface area contributed by atoms with Crippen LogP contribution in [0.15, 0.2) is 70.9 Å². The number of nitrogens with zero attached hydrogens (tertiary/aromatic N) is 4. The number of carbonyl (C=O) groups excluding carboxylic acids is 1. The molecule has 0 fully saturated rings. The summed E-state index contributed by atoms with van der Waals surface area (Å²) in [6.45, 7) is 1.74. The predicted octanol–water partition coefficient (Wildman–Crippen LogP) is 3.56. The van der Waals surface area contributed by atoms with Gasteiger partial charge in [0.15, 0.2) is 0 Å². The lowest BCUT2D eigenvalue weighted by molar-refractivity contribution is -0.384. The number of carboxylic acids is 1. The number of benzene rings is 2. The Labute approximate surface area is 184 Å². The van der Waals surface area contributed by atoms with Crippen molar-refractivity contribution in [2.45, 2.75) is 19.5 Å². The van der Waals surface area contributed by atoms with Crippen LogP contribution in [0.2, 0.25) is 0 Å². The maximum atomic E-state index is 13.5. The predicted molar refractivity (Wildman–Crippen MR) is 116 cm³/mol. The Balaban J connectivity index is 2.10. The number of urea groups is 1. The van der Waals surface area contributed by atoms with Crippen molar-refractivity contribution in [1.82, 2.24) is 9.80 Å². The van der Waals surface area contributed by atoms with Gasteiger partial charge in [0.2, 0.25) is 0 Å². The Hall–Kier alpha value is -4.21. The third-order valence-corrected chi connectivity index (χ3v) is 5.00.